The van der Waals surface area contributed by atoms with Crippen molar-refractivity contribution in [2.45, 2.75) is 24.8 Å². The second kappa shape index (κ2) is 10.0. The molecule has 3 atom stereocenters. The molecule has 3 N–H and O–H groups in total. The highest BCUT2D eigenvalue weighted by Crippen LogP contribution is 2.44. The number of amides is 2. The van der Waals surface area contributed by atoms with Crippen LogP contribution in [0.5, 0.6) is 0 Å². The quantitative estimate of drug-likeness (QED) is 0.511. The zero-order valence-electron chi connectivity index (χ0n) is 18.5. The number of hydrogen-bond acceptors (Lipinski definition) is 5. The minimum absolute atomic E-state index is 0.0114. The van der Waals surface area contributed by atoms with Crippen molar-refractivity contribution in [3.63, 3.8) is 0 Å². The first-order valence-electron chi connectivity index (χ1n) is 11.1. The van der Waals surface area contributed by atoms with Crippen molar-refractivity contribution in [3.8, 4) is 11.1 Å². The van der Waals surface area contributed by atoms with Crippen LogP contribution in [0.25, 0.3) is 11.1 Å². The monoisotopic (exact) mass is 452 g/mol. The van der Waals surface area contributed by atoms with Gasteiger partial charge >= 0.3 is 12.1 Å². The lowest BCUT2D eigenvalue weighted by molar-refractivity contribution is -0.142. The van der Waals surface area contributed by atoms with Crippen LogP contribution >= 0.6 is 0 Å². The molecule has 0 aliphatic heterocycles. The molecule has 2 aliphatic carbocycles. The number of alkyl carbamates (subject to hydrolysis) is 1. The third-order valence-corrected chi connectivity index (χ3v) is 6.34. The van der Waals surface area contributed by atoms with Gasteiger partial charge in [-0.1, -0.05) is 48.5 Å². The normalized spacial score (nSPS) is 19.2. The first-order valence-corrected chi connectivity index (χ1v) is 11.1. The second-order valence-corrected chi connectivity index (χ2v) is 8.49. The van der Waals surface area contributed by atoms with Gasteiger partial charge in [0.25, 0.3) is 0 Å². The fourth-order valence-corrected chi connectivity index (χ4v) is 4.43. The van der Waals surface area contributed by atoms with E-state index < -0.39 is 18.1 Å². The molecule has 1 saturated carbocycles. The van der Waals surface area contributed by atoms with E-state index in [2.05, 4.69) is 34.9 Å². The highest BCUT2D eigenvalue weighted by Gasteiger charge is 2.44. The van der Waals surface area contributed by atoms with Gasteiger partial charge in [-0.2, -0.15) is 0 Å². The Balaban J connectivity index is 1.24. The van der Waals surface area contributed by atoms with Crippen molar-refractivity contribution in [1.29, 1.82) is 0 Å². The summed E-state index contributed by atoms with van der Waals surface area (Å²) in [7, 11) is 1.48. The van der Waals surface area contributed by atoms with Crippen molar-refractivity contribution < 1.29 is 29.0 Å². The predicted molar refractivity (Wildman–Crippen MR) is 121 cm³/mol. The van der Waals surface area contributed by atoms with Gasteiger partial charge in [-0.15, -0.1) is 0 Å². The van der Waals surface area contributed by atoms with Crippen LogP contribution < -0.4 is 10.6 Å². The molecule has 4 rings (SSSR count). The third-order valence-electron chi connectivity index (χ3n) is 6.34. The number of carboxylic acid groups (broad SMARTS) is 1. The maximum atomic E-state index is 12.3. The zero-order chi connectivity index (χ0) is 23.4. The Labute approximate surface area is 192 Å². The molecule has 0 heterocycles. The lowest BCUT2D eigenvalue weighted by atomic mass is 9.98. The van der Waals surface area contributed by atoms with Crippen molar-refractivity contribution in [1.82, 2.24) is 10.6 Å². The van der Waals surface area contributed by atoms with E-state index in [0.717, 1.165) is 11.1 Å². The molecule has 2 amide bonds. The number of rotatable bonds is 10. The van der Waals surface area contributed by atoms with E-state index in [1.165, 1.54) is 18.2 Å². The number of carbonyl (C=O) groups is 3. The lowest BCUT2D eigenvalue weighted by Gasteiger charge is -2.15. The van der Waals surface area contributed by atoms with E-state index >= 15 is 0 Å². The number of aliphatic carboxylic acids is 1. The fraction of sp³-hybridized carbons (Fsp3) is 0.400. The zero-order valence-corrected chi connectivity index (χ0v) is 18.5. The van der Waals surface area contributed by atoms with Gasteiger partial charge in [-0.25, -0.2) is 9.59 Å². The summed E-state index contributed by atoms with van der Waals surface area (Å²) in [5.41, 5.74) is 4.62. The summed E-state index contributed by atoms with van der Waals surface area (Å²) in [6.07, 6.45) is 0.283. The van der Waals surface area contributed by atoms with Crippen molar-refractivity contribution in [2.24, 2.45) is 11.8 Å². The molecule has 2 aromatic carbocycles. The number of nitrogens with one attached hydrogen (secondary N) is 2. The SMILES string of the molecule is COCCC(NC(=O)C1CC1CNC(=O)OCC1c2ccccc2-c2ccccc21)C(=O)O. The van der Waals surface area contributed by atoms with Gasteiger partial charge in [0.05, 0.1) is 0 Å². The van der Waals surface area contributed by atoms with Gasteiger partial charge < -0.3 is 25.2 Å². The van der Waals surface area contributed by atoms with Crippen LogP contribution in [-0.4, -0.2) is 56.0 Å². The van der Waals surface area contributed by atoms with Crippen molar-refractivity contribution in [2.75, 3.05) is 26.9 Å². The molecule has 33 heavy (non-hydrogen) atoms. The van der Waals surface area contributed by atoms with Gasteiger partial charge in [-0.05, 0) is 34.6 Å². The van der Waals surface area contributed by atoms with Crippen LogP contribution in [0.3, 0.4) is 0 Å². The van der Waals surface area contributed by atoms with E-state index in [9.17, 15) is 19.5 Å². The van der Waals surface area contributed by atoms with Gasteiger partial charge in [0.1, 0.15) is 12.6 Å². The largest absolute Gasteiger partial charge is 0.480 e. The number of hydrogen-bond donors (Lipinski definition) is 3. The molecule has 2 aliphatic rings. The maximum absolute atomic E-state index is 12.3. The molecule has 0 radical (unpaired) electrons. The third kappa shape index (κ3) is 5.17. The average molecular weight is 453 g/mol. The summed E-state index contributed by atoms with van der Waals surface area (Å²) in [4.78, 5) is 35.9. The molecule has 174 valence electrons. The number of benzene rings is 2. The smallest absolute Gasteiger partial charge is 0.407 e. The minimum Gasteiger partial charge on any atom is -0.480 e. The molecule has 8 heteroatoms. The maximum Gasteiger partial charge on any atom is 0.407 e. The van der Waals surface area contributed by atoms with Crippen LogP contribution in [0.1, 0.15) is 29.9 Å². The molecule has 8 nitrogen and oxygen atoms in total. The average Bonchev–Trinajstić information content (AvgIpc) is 3.54. The van der Waals surface area contributed by atoms with Crippen molar-refractivity contribution in [3.05, 3.63) is 59.7 Å². The summed E-state index contributed by atoms with van der Waals surface area (Å²) in [6, 6.07) is 15.3. The van der Waals surface area contributed by atoms with Crippen LogP contribution in [0.2, 0.25) is 0 Å². The number of carboxylic acids is 1. The highest BCUT2D eigenvalue weighted by molar-refractivity contribution is 5.86. The summed E-state index contributed by atoms with van der Waals surface area (Å²) in [5.74, 6) is -1.74. The molecule has 0 saturated heterocycles. The number of methoxy groups -OCH3 is 1. The Bertz CT molecular complexity index is 994. The van der Waals surface area contributed by atoms with Gasteiger partial charge in [0.2, 0.25) is 5.91 Å². The molecule has 0 spiro atoms. The summed E-state index contributed by atoms with van der Waals surface area (Å²) >= 11 is 0. The molecule has 1 fully saturated rings. The van der Waals surface area contributed by atoms with E-state index in [1.54, 1.807) is 0 Å². The first kappa shape index (κ1) is 22.8. The van der Waals surface area contributed by atoms with E-state index in [0.29, 0.717) is 13.0 Å². The Morgan fingerprint density at radius 1 is 1.06 bits per heavy atom. The molecule has 0 aromatic heterocycles. The Kier molecular flexibility index (Phi) is 6.93. The number of ether oxygens (including phenoxy) is 2. The van der Waals surface area contributed by atoms with Crippen LogP contribution in [0, 0.1) is 11.8 Å². The predicted octanol–water partition coefficient (Wildman–Crippen LogP) is 2.77. The number of fused-ring (bicyclic) bond motifs is 3. The Morgan fingerprint density at radius 2 is 1.70 bits per heavy atom. The highest BCUT2D eigenvalue weighted by atomic mass is 16.5. The van der Waals surface area contributed by atoms with Gasteiger partial charge in [0.15, 0.2) is 0 Å². The fourth-order valence-electron chi connectivity index (χ4n) is 4.43. The topological polar surface area (TPSA) is 114 Å². The van der Waals surface area contributed by atoms with Crippen LogP contribution in [-0.2, 0) is 19.1 Å². The number of carbonyl (C=O) groups excluding carboxylic acids is 2. The molecule has 2 aromatic rings. The lowest BCUT2D eigenvalue weighted by Crippen LogP contribution is -2.42. The molecule has 3 unspecified atom stereocenters. The Hall–Kier alpha value is -3.39. The molecular weight excluding hydrogens is 424 g/mol. The molecule has 0 bridgehead atoms. The Morgan fingerprint density at radius 3 is 2.30 bits per heavy atom. The van der Waals surface area contributed by atoms with Gasteiger partial charge in [0, 0.05) is 38.5 Å². The summed E-state index contributed by atoms with van der Waals surface area (Å²) < 4.78 is 10.4. The van der Waals surface area contributed by atoms with E-state index in [-0.39, 0.29) is 43.3 Å². The van der Waals surface area contributed by atoms with E-state index in [1.807, 2.05) is 24.3 Å². The first-order chi connectivity index (χ1) is 16.0. The van der Waals surface area contributed by atoms with Crippen LogP contribution in [0.15, 0.2) is 48.5 Å². The van der Waals surface area contributed by atoms with Gasteiger partial charge in [-0.3, -0.25) is 4.79 Å². The minimum atomic E-state index is -1.09. The van der Waals surface area contributed by atoms with Crippen molar-refractivity contribution >= 4 is 18.0 Å². The standard InChI is InChI=1S/C25H28N2O6/c1-32-11-10-22(24(29)30)27-23(28)20-12-15(20)13-26-25(31)33-14-21-18-8-4-2-6-16(18)17-7-3-5-9-19(17)21/h2-9,15,20-22H,10-14H2,1H3,(H,26,31)(H,27,28)(H,29,30). The van der Waals surface area contributed by atoms with E-state index in [4.69, 9.17) is 9.47 Å². The second-order valence-electron chi connectivity index (χ2n) is 8.49. The summed E-state index contributed by atoms with van der Waals surface area (Å²) in [5, 5.41) is 14.5. The summed E-state index contributed by atoms with van der Waals surface area (Å²) in [6.45, 7) is 0.785. The molecular formula is C25H28N2O6. The van der Waals surface area contributed by atoms with Crippen LogP contribution in [0.4, 0.5) is 4.79 Å².